The average Bonchev–Trinajstić information content (AvgIpc) is 2.34. The van der Waals surface area contributed by atoms with Crippen LogP contribution in [0.3, 0.4) is 0 Å². The molecule has 0 aliphatic heterocycles. The van der Waals surface area contributed by atoms with Gasteiger partial charge in [-0.2, -0.15) is 13.2 Å². The molecular formula is C12H10ClF3O4S. The first-order chi connectivity index (χ1) is 9.54. The topological polar surface area (TPSA) is 74.6 Å². The van der Waals surface area contributed by atoms with E-state index in [0.29, 0.717) is 0 Å². The number of benzene rings is 1. The lowest BCUT2D eigenvalue weighted by atomic mass is 9.98. The van der Waals surface area contributed by atoms with Gasteiger partial charge in [-0.15, -0.1) is 11.6 Å². The highest BCUT2D eigenvalue weighted by Gasteiger charge is 2.34. The first kappa shape index (κ1) is 17.8. The van der Waals surface area contributed by atoms with E-state index in [0.717, 1.165) is 25.1 Å². The van der Waals surface area contributed by atoms with Gasteiger partial charge in [0, 0.05) is 4.90 Å². The van der Waals surface area contributed by atoms with Crippen LogP contribution in [-0.2, 0) is 9.59 Å². The van der Waals surface area contributed by atoms with Gasteiger partial charge in [-0.3, -0.25) is 4.79 Å². The number of thioether (sulfide) groups is 1. The minimum absolute atomic E-state index is 0.341. The van der Waals surface area contributed by atoms with E-state index in [1.54, 1.807) is 0 Å². The van der Waals surface area contributed by atoms with Crippen LogP contribution in [0.15, 0.2) is 23.1 Å². The van der Waals surface area contributed by atoms with E-state index in [1.807, 2.05) is 0 Å². The summed E-state index contributed by atoms with van der Waals surface area (Å²) in [4.78, 5) is 21.8. The summed E-state index contributed by atoms with van der Waals surface area (Å²) < 4.78 is 37.6. The fourth-order valence-electron chi connectivity index (χ4n) is 1.62. The van der Waals surface area contributed by atoms with E-state index >= 15 is 0 Å². The van der Waals surface area contributed by atoms with Gasteiger partial charge in [0.1, 0.15) is 5.38 Å². The van der Waals surface area contributed by atoms with Gasteiger partial charge >= 0.3 is 11.5 Å². The van der Waals surface area contributed by atoms with Crippen LogP contribution in [-0.4, -0.2) is 27.5 Å². The van der Waals surface area contributed by atoms with Crippen LogP contribution in [0.1, 0.15) is 29.5 Å². The molecule has 0 spiro atoms. The molecule has 2 atom stereocenters. The number of carbonyl (C=O) groups is 2. The molecule has 0 heterocycles. The number of halogens is 4. The molecule has 1 rings (SSSR count). The lowest BCUT2D eigenvalue weighted by Gasteiger charge is -2.19. The Hall–Kier alpha value is -1.25. The molecule has 0 saturated carbocycles. The summed E-state index contributed by atoms with van der Waals surface area (Å²) in [5.74, 6) is -2.32. The first-order valence-corrected chi connectivity index (χ1v) is 6.74. The zero-order valence-corrected chi connectivity index (χ0v) is 12.1. The van der Waals surface area contributed by atoms with Gasteiger partial charge in [0.2, 0.25) is 0 Å². The van der Waals surface area contributed by atoms with E-state index in [-0.39, 0.29) is 11.1 Å². The van der Waals surface area contributed by atoms with Crippen LogP contribution in [0, 0.1) is 0 Å². The van der Waals surface area contributed by atoms with Gasteiger partial charge in [0.15, 0.2) is 11.9 Å². The number of hydrogen-bond donors (Lipinski definition) is 2. The summed E-state index contributed by atoms with van der Waals surface area (Å²) >= 11 is 5.27. The van der Waals surface area contributed by atoms with Gasteiger partial charge < -0.3 is 10.2 Å². The second-order valence-electron chi connectivity index (χ2n) is 4.02. The van der Waals surface area contributed by atoms with Crippen LogP contribution in [0.5, 0.6) is 0 Å². The Labute approximate surface area is 126 Å². The van der Waals surface area contributed by atoms with Crippen molar-refractivity contribution in [2.75, 3.05) is 0 Å². The Kier molecular flexibility index (Phi) is 5.66. The largest absolute Gasteiger partial charge is 0.479 e. The number of aliphatic hydroxyl groups excluding tert-OH is 1. The van der Waals surface area contributed by atoms with Gasteiger partial charge in [-0.05, 0) is 35.9 Å². The Bertz CT molecular complexity index is 562. The number of carboxylic acids is 1. The standard InChI is InChI=1S/C12H10ClF3O4S/c1-5(17)9(13)8-6(10(18)11(19)20)3-2-4-7(8)21-12(14,15)16/h2-4,9-10,18H,1H3,(H,19,20). The summed E-state index contributed by atoms with van der Waals surface area (Å²) in [5.41, 5.74) is -5.33. The normalized spacial score (nSPS) is 14.6. The minimum atomic E-state index is -4.64. The number of aliphatic carboxylic acids is 1. The molecule has 0 aliphatic carbocycles. The quantitative estimate of drug-likeness (QED) is 0.634. The minimum Gasteiger partial charge on any atom is -0.479 e. The first-order valence-electron chi connectivity index (χ1n) is 5.48. The smallest absolute Gasteiger partial charge is 0.446 e. The van der Waals surface area contributed by atoms with Crippen molar-refractivity contribution in [2.45, 2.75) is 28.8 Å². The van der Waals surface area contributed by atoms with Crippen molar-refractivity contribution in [3.8, 4) is 0 Å². The van der Waals surface area contributed by atoms with Crippen molar-refractivity contribution < 1.29 is 33.0 Å². The summed E-state index contributed by atoms with van der Waals surface area (Å²) in [6.07, 6.45) is -2.07. The maximum Gasteiger partial charge on any atom is 0.446 e. The zero-order valence-electron chi connectivity index (χ0n) is 10.5. The Morgan fingerprint density at radius 1 is 1.33 bits per heavy atom. The third-order valence-electron chi connectivity index (χ3n) is 2.46. The van der Waals surface area contributed by atoms with Crippen molar-refractivity contribution in [1.29, 1.82) is 0 Å². The average molecular weight is 343 g/mol. The Morgan fingerprint density at radius 2 is 1.90 bits per heavy atom. The SMILES string of the molecule is CC(=O)C(Cl)c1c(SC(F)(F)F)cccc1C(O)C(=O)O. The molecule has 0 fully saturated rings. The van der Waals surface area contributed by atoms with E-state index in [2.05, 4.69) is 0 Å². The molecule has 0 bridgehead atoms. The number of rotatable bonds is 5. The van der Waals surface area contributed by atoms with Crippen molar-refractivity contribution in [2.24, 2.45) is 0 Å². The molecule has 1 aromatic carbocycles. The van der Waals surface area contributed by atoms with E-state index in [9.17, 15) is 27.9 Å². The number of ketones is 1. The predicted octanol–water partition coefficient (Wildman–Crippen LogP) is 3.29. The van der Waals surface area contributed by atoms with Crippen molar-refractivity contribution in [3.63, 3.8) is 0 Å². The third-order valence-corrected chi connectivity index (χ3v) is 3.80. The summed E-state index contributed by atoms with van der Waals surface area (Å²) in [6.45, 7) is 1.06. The second-order valence-corrected chi connectivity index (χ2v) is 5.56. The monoisotopic (exact) mass is 342 g/mol. The third kappa shape index (κ3) is 4.62. The van der Waals surface area contributed by atoms with Gasteiger partial charge in [0.05, 0.1) is 0 Å². The lowest BCUT2D eigenvalue weighted by molar-refractivity contribution is -0.147. The molecule has 21 heavy (non-hydrogen) atoms. The van der Waals surface area contributed by atoms with Crippen molar-refractivity contribution in [3.05, 3.63) is 29.3 Å². The van der Waals surface area contributed by atoms with Crippen molar-refractivity contribution >= 4 is 35.1 Å². The maximum absolute atomic E-state index is 12.5. The summed E-state index contributed by atoms with van der Waals surface area (Å²) in [7, 11) is 0. The number of carboxylic acid groups (broad SMARTS) is 1. The number of Topliss-reactive ketones (excluding diaryl/α,β-unsaturated/α-hetero) is 1. The molecule has 9 heteroatoms. The molecular weight excluding hydrogens is 333 g/mol. The molecule has 116 valence electrons. The van der Waals surface area contributed by atoms with Gasteiger partial charge in [-0.1, -0.05) is 12.1 Å². The van der Waals surface area contributed by atoms with Crippen LogP contribution < -0.4 is 0 Å². The molecule has 0 amide bonds. The lowest BCUT2D eigenvalue weighted by Crippen LogP contribution is -2.16. The van der Waals surface area contributed by atoms with E-state index in [1.165, 1.54) is 0 Å². The fraction of sp³-hybridized carbons (Fsp3) is 0.333. The van der Waals surface area contributed by atoms with Crippen molar-refractivity contribution in [1.82, 2.24) is 0 Å². The highest BCUT2D eigenvalue weighted by atomic mass is 35.5. The number of aliphatic hydroxyl groups is 1. The Morgan fingerprint density at radius 3 is 2.33 bits per heavy atom. The second kappa shape index (κ2) is 6.67. The molecule has 0 radical (unpaired) electrons. The van der Waals surface area contributed by atoms with Crippen LogP contribution in [0.4, 0.5) is 13.2 Å². The number of alkyl halides is 4. The molecule has 2 N–H and O–H groups in total. The molecule has 0 aromatic heterocycles. The molecule has 1 aromatic rings. The molecule has 0 aliphatic rings. The predicted molar refractivity (Wildman–Crippen MR) is 70.2 cm³/mol. The van der Waals surface area contributed by atoms with Crippen LogP contribution >= 0.6 is 23.4 Å². The number of carbonyl (C=O) groups excluding carboxylic acids is 1. The van der Waals surface area contributed by atoms with Gasteiger partial charge in [-0.25, -0.2) is 4.79 Å². The van der Waals surface area contributed by atoms with Crippen LogP contribution in [0.2, 0.25) is 0 Å². The van der Waals surface area contributed by atoms with Gasteiger partial charge in [0.25, 0.3) is 0 Å². The van der Waals surface area contributed by atoms with E-state index < -0.39 is 45.4 Å². The highest BCUT2D eigenvalue weighted by molar-refractivity contribution is 8.00. The fourth-order valence-corrected chi connectivity index (χ4v) is 2.67. The molecule has 0 saturated heterocycles. The van der Waals surface area contributed by atoms with Crippen LogP contribution in [0.25, 0.3) is 0 Å². The summed E-state index contributed by atoms with van der Waals surface area (Å²) in [6, 6.07) is 3.33. The maximum atomic E-state index is 12.5. The molecule has 4 nitrogen and oxygen atoms in total. The summed E-state index contributed by atoms with van der Waals surface area (Å²) in [5, 5.41) is 16.9. The number of hydrogen-bond acceptors (Lipinski definition) is 4. The Balaban J connectivity index is 3.48. The van der Waals surface area contributed by atoms with E-state index in [4.69, 9.17) is 16.7 Å². The highest BCUT2D eigenvalue weighted by Crippen LogP contribution is 2.43. The zero-order chi connectivity index (χ0) is 16.4. The molecule has 2 unspecified atom stereocenters.